The predicted octanol–water partition coefficient (Wildman–Crippen LogP) is 14.0. The molecule has 0 saturated carbocycles. The molecule has 0 unspecified atom stereocenters. The van der Waals surface area contributed by atoms with E-state index in [9.17, 15) is 0 Å². The second-order valence-electron chi connectivity index (χ2n) is 14.5. The zero-order valence-electron chi connectivity index (χ0n) is 31.6. The fourth-order valence-corrected chi connectivity index (χ4v) is 8.24. The molecule has 0 spiro atoms. The number of hydrogen-bond acceptors (Lipinski definition) is 3. The Morgan fingerprint density at radius 1 is 0.345 bits per heavy atom. The van der Waals surface area contributed by atoms with Crippen LogP contribution in [0, 0.1) is 10.8 Å². The molecular weight excluding hydrogens is 707 g/mol. The highest BCUT2D eigenvalue weighted by Gasteiger charge is 2.18. The second-order valence-corrected chi connectivity index (χ2v) is 14.5. The van der Waals surface area contributed by atoms with Gasteiger partial charge in [0, 0.05) is 27.6 Å². The van der Waals surface area contributed by atoms with Gasteiger partial charge >= 0.3 is 0 Å². The van der Waals surface area contributed by atoms with Crippen LogP contribution in [0.4, 0.5) is 0 Å². The van der Waals surface area contributed by atoms with E-state index in [2.05, 4.69) is 162 Å². The lowest BCUT2D eigenvalue weighted by Crippen LogP contribution is -2.12. The summed E-state index contributed by atoms with van der Waals surface area (Å²) >= 11 is 0. The maximum Gasteiger partial charge on any atom is 0.221 e. The highest BCUT2D eigenvalue weighted by molar-refractivity contribution is 6.13. The maximum atomic E-state index is 8.57. The van der Waals surface area contributed by atoms with Crippen LogP contribution in [0.2, 0.25) is 0 Å². The molecule has 58 heavy (non-hydrogen) atoms. The average molecular weight is 744 g/mol. The lowest BCUT2D eigenvalue weighted by Gasteiger charge is -2.15. The van der Waals surface area contributed by atoms with Crippen molar-refractivity contribution in [3.63, 3.8) is 0 Å². The molecule has 0 aliphatic heterocycles. The molecular formula is C54H37N3O. The number of hydrogen-bond donors (Lipinski definition) is 2. The van der Waals surface area contributed by atoms with Gasteiger partial charge in [0.1, 0.15) is 0 Å². The largest absolute Gasteiger partial charge is 0.421 e. The first-order valence-corrected chi connectivity index (χ1v) is 19.4. The molecule has 0 aliphatic carbocycles. The fraction of sp³-hybridized carbons (Fsp3) is 0. The Labute approximate surface area is 336 Å². The third kappa shape index (κ3) is 6.23. The first-order chi connectivity index (χ1) is 28.6. The van der Waals surface area contributed by atoms with E-state index in [0.717, 1.165) is 44.6 Å². The summed E-state index contributed by atoms with van der Waals surface area (Å²) in [7, 11) is 0. The Hall–Kier alpha value is -7.82. The van der Waals surface area contributed by atoms with Gasteiger partial charge in [-0.2, -0.15) is 0 Å². The topological polar surface area (TPSA) is 61.9 Å². The molecule has 2 N–H and O–H groups in total. The van der Waals surface area contributed by atoms with Crippen LogP contribution in [0.15, 0.2) is 212 Å². The summed E-state index contributed by atoms with van der Waals surface area (Å²) in [6.07, 6.45) is 0. The van der Waals surface area contributed by atoms with E-state index in [1.54, 1.807) is 12.1 Å². The minimum Gasteiger partial charge on any atom is -0.421 e. The predicted molar refractivity (Wildman–Crippen MR) is 241 cm³/mol. The maximum absolute atomic E-state index is 8.57. The zero-order chi connectivity index (χ0) is 39.0. The third-order valence-electron chi connectivity index (χ3n) is 11.0. The van der Waals surface area contributed by atoms with Gasteiger partial charge in [0.05, 0.1) is 11.0 Å². The van der Waals surface area contributed by atoms with E-state index in [1.165, 1.54) is 38.2 Å². The van der Waals surface area contributed by atoms with Gasteiger partial charge in [0.25, 0.3) is 0 Å². The molecule has 0 saturated heterocycles. The first kappa shape index (κ1) is 34.7. The number of benzene rings is 9. The molecule has 0 fully saturated rings. The van der Waals surface area contributed by atoms with Crippen LogP contribution >= 0.6 is 0 Å². The van der Waals surface area contributed by atoms with E-state index < -0.39 is 0 Å². The number of rotatable bonds is 7. The van der Waals surface area contributed by atoms with E-state index in [0.29, 0.717) is 11.1 Å². The quantitative estimate of drug-likeness (QED) is 0.124. The number of para-hydroxylation sites is 1. The van der Waals surface area contributed by atoms with Gasteiger partial charge in [-0.05, 0) is 116 Å². The standard InChI is InChI=1S/C54H37N3O/c55-53(38-15-3-1-4-16-38)58-54(56)39-28-26-37(27-29-39)44-21-9-11-23-47(44)48-24-12-10-22-46(48)41-31-33-52-50(35-41)49-34-40(45-25-13-17-36-14-7-8-20-43(36)45)30-32-51(49)57(52)42-18-5-2-6-19-42/h1-35,55-56H. The van der Waals surface area contributed by atoms with E-state index >= 15 is 0 Å². The zero-order valence-corrected chi connectivity index (χ0v) is 31.6. The molecule has 0 atom stereocenters. The summed E-state index contributed by atoms with van der Waals surface area (Å²) in [4.78, 5) is 0. The van der Waals surface area contributed by atoms with Gasteiger partial charge in [-0.25, -0.2) is 0 Å². The Balaban J connectivity index is 1.06. The molecule has 0 amide bonds. The summed E-state index contributed by atoms with van der Waals surface area (Å²) < 4.78 is 8.00. The van der Waals surface area contributed by atoms with Crippen molar-refractivity contribution in [3.8, 4) is 50.2 Å². The van der Waals surface area contributed by atoms with Crippen molar-refractivity contribution in [2.75, 3.05) is 0 Å². The van der Waals surface area contributed by atoms with Crippen molar-refractivity contribution in [1.29, 1.82) is 10.8 Å². The molecule has 0 radical (unpaired) electrons. The number of aromatic nitrogens is 1. The van der Waals surface area contributed by atoms with Crippen molar-refractivity contribution < 1.29 is 4.74 Å². The molecule has 0 aliphatic rings. The van der Waals surface area contributed by atoms with Crippen LogP contribution in [0.1, 0.15) is 11.1 Å². The van der Waals surface area contributed by atoms with Crippen LogP contribution < -0.4 is 0 Å². The van der Waals surface area contributed by atoms with Crippen LogP contribution in [0.3, 0.4) is 0 Å². The van der Waals surface area contributed by atoms with Crippen molar-refractivity contribution in [2.45, 2.75) is 0 Å². The number of nitrogens with zero attached hydrogens (tertiary/aromatic N) is 1. The highest BCUT2D eigenvalue weighted by Crippen LogP contribution is 2.42. The molecule has 9 aromatic carbocycles. The summed E-state index contributed by atoms with van der Waals surface area (Å²) in [6, 6.07) is 73.7. The first-order valence-electron chi connectivity index (χ1n) is 19.4. The Morgan fingerprint density at radius 2 is 0.793 bits per heavy atom. The molecule has 4 heteroatoms. The Morgan fingerprint density at radius 3 is 1.43 bits per heavy atom. The summed E-state index contributed by atoms with van der Waals surface area (Å²) in [6.45, 7) is 0. The molecule has 1 heterocycles. The fourth-order valence-electron chi connectivity index (χ4n) is 8.24. The van der Waals surface area contributed by atoms with Crippen LogP contribution in [-0.4, -0.2) is 16.4 Å². The highest BCUT2D eigenvalue weighted by atomic mass is 16.5. The molecule has 1 aromatic heterocycles. The SMILES string of the molecule is N=C(OC(=N)c1ccc(-c2ccccc2-c2ccccc2-c2ccc3c(c2)c2cc(-c4cccc5ccccc45)ccc2n3-c2ccccc2)cc1)c1ccccc1. The Bertz CT molecular complexity index is 3160. The van der Waals surface area contributed by atoms with Crippen LogP contribution in [-0.2, 0) is 4.74 Å². The lowest BCUT2D eigenvalue weighted by molar-refractivity contribution is 0.538. The molecule has 10 rings (SSSR count). The number of nitrogens with one attached hydrogen (secondary N) is 2. The number of ether oxygens (including phenoxy) is 1. The molecule has 10 aromatic rings. The summed E-state index contributed by atoms with van der Waals surface area (Å²) in [5, 5.41) is 21.8. The van der Waals surface area contributed by atoms with Gasteiger partial charge in [0.15, 0.2) is 0 Å². The monoisotopic (exact) mass is 743 g/mol. The van der Waals surface area contributed by atoms with E-state index in [4.69, 9.17) is 15.6 Å². The van der Waals surface area contributed by atoms with Gasteiger partial charge in [-0.15, -0.1) is 0 Å². The minimum atomic E-state index is -0.0627. The average Bonchev–Trinajstić information content (AvgIpc) is 3.62. The van der Waals surface area contributed by atoms with Gasteiger partial charge in [-0.1, -0.05) is 152 Å². The van der Waals surface area contributed by atoms with E-state index in [-0.39, 0.29) is 11.8 Å². The third-order valence-corrected chi connectivity index (χ3v) is 11.0. The van der Waals surface area contributed by atoms with Crippen molar-refractivity contribution in [2.24, 2.45) is 0 Å². The van der Waals surface area contributed by atoms with Crippen molar-refractivity contribution in [3.05, 3.63) is 223 Å². The molecule has 4 nitrogen and oxygen atoms in total. The van der Waals surface area contributed by atoms with Crippen LogP contribution in [0.5, 0.6) is 0 Å². The summed E-state index contributed by atoms with van der Waals surface area (Å²) in [5.41, 5.74) is 13.8. The molecule has 0 bridgehead atoms. The van der Waals surface area contributed by atoms with Gasteiger partial charge in [0.2, 0.25) is 11.8 Å². The Kier molecular flexibility index (Phi) is 8.77. The van der Waals surface area contributed by atoms with Gasteiger partial charge < -0.3 is 9.30 Å². The van der Waals surface area contributed by atoms with Crippen LogP contribution in [0.25, 0.3) is 82.8 Å². The van der Waals surface area contributed by atoms with E-state index in [1.807, 2.05) is 42.5 Å². The lowest BCUT2D eigenvalue weighted by atomic mass is 9.89. The summed E-state index contributed by atoms with van der Waals surface area (Å²) in [5.74, 6) is -0.114. The second kappa shape index (κ2) is 14.7. The minimum absolute atomic E-state index is 0.0512. The normalized spacial score (nSPS) is 11.2. The smallest absolute Gasteiger partial charge is 0.221 e. The van der Waals surface area contributed by atoms with Crippen molar-refractivity contribution >= 4 is 44.4 Å². The number of fused-ring (bicyclic) bond motifs is 4. The van der Waals surface area contributed by atoms with Crippen molar-refractivity contribution in [1.82, 2.24) is 4.57 Å². The molecule has 274 valence electrons. The van der Waals surface area contributed by atoms with Gasteiger partial charge in [-0.3, -0.25) is 10.8 Å².